The van der Waals surface area contributed by atoms with Crippen molar-refractivity contribution in [3.63, 3.8) is 0 Å². The summed E-state index contributed by atoms with van der Waals surface area (Å²) in [6.07, 6.45) is -3.30. The van der Waals surface area contributed by atoms with Crippen LogP contribution in [-0.4, -0.2) is 68.1 Å². The third-order valence-corrected chi connectivity index (χ3v) is 5.16. The number of guanidine groups is 1. The summed E-state index contributed by atoms with van der Waals surface area (Å²) in [5.74, 6) is 0.790. The van der Waals surface area contributed by atoms with Gasteiger partial charge < -0.3 is 15.5 Å². The van der Waals surface area contributed by atoms with Crippen LogP contribution in [0.5, 0.6) is 0 Å². The number of hydrogen-bond donors (Lipinski definition) is 2. The maximum absolute atomic E-state index is 12.7. The van der Waals surface area contributed by atoms with Crippen molar-refractivity contribution in [3.05, 3.63) is 35.4 Å². The lowest BCUT2D eigenvalue weighted by atomic mass is 10.1. The number of aliphatic imine (C=N–C) groups is 1. The Balaban J connectivity index is 1.76. The summed E-state index contributed by atoms with van der Waals surface area (Å²) in [5.41, 5.74) is 0.295. The van der Waals surface area contributed by atoms with Crippen LogP contribution in [0.3, 0.4) is 0 Å². The molecule has 1 fully saturated rings. The maximum Gasteiger partial charge on any atom is 0.416 e. The van der Waals surface area contributed by atoms with E-state index in [1.54, 1.807) is 19.2 Å². The molecule has 28 heavy (non-hydrogen) atoms. The molecular weight excluding hydrogens is 367 g/mol. The molecule has 0 amide bonds. The Hall–Kier alpha value is -1.80. The molecule has 5 nitrogen and oxygen atoms in total. The van der Waals surface area contributed by atoms with Crippen molar-refractivity contribution in [2.24, 2.45) is 4.99 Å². The first-order chi connectivity index (χ1) is 13.2. The van der Waals surface area contributed by atoms with E-state index in [1.165, 1.54) is 0 Å². The first kappa shape index (κ1) is 22.5. The number of hydrogen-bond acceptors (Lipinski definition) is 3. The van der Waals surface area contributed by atoms with Crippen LogP contribution in [0, 0.1) is 0 Å². The number of nitrogens with zero attached hydrogens (tertiary/aromatic N) is 3. The van der Waals surface area contributed by atoms with Crippen molar-refractivity contribution in [1.82, 2.24) is 20.4 Å². The molecule has 0 aliphatic carbocycles. The number of rotatable bonds is 7. The SMILES string of the molecule is CN=C(NCCN(C)C(C)C)NC1CCN(Cc2ccc(C(F)(F)F)cc2)C1. The largest absolute Gasteiger partial charge is 0.416 e. The molecule has 1 aromatic rings. The molecule has 8 heteroatoms. The molecule has 0 radical (unpaired) electrons. The second-order valence-corrected chi connectivity index (χ2v) is 7.63. The zero-order valence-corrected chi connectivity index (χ0v) is 17.2. The number of benzene rings is 1. The van der Waals surface area contributed by atoms with Gasteiger partial charge in [0, 0.05) is 51.9 Å². The van der Waals surface area contributed by atoms with Crippen LogP contribution in [0.25, 0.3) is 0 Å². The van der Waals surface area contributed by atoms with Gasteiger partial charge in [-0.3, -0.25) is 9.89 Å². The van der Waals surface area contributed by atoms with Gasteiger partial charge in [0.15, 0.2) is 5.96 Å². The summed E-state index contributed by atoms with van der Waals surface area (Å²) in [4.78, 5) is 8.80. The highest BCUT2D eigenvalue weighted by atomic mass is 19.4. The van der Waals surface area contributed by atoms with E-state index >= 15 is 0 Å². The molecule has 2 rings (SSSR count). The third-order valence-electron chi connectivity index (χ3n) is 5.16. The molecule has 0 saturated carbocycles. The molecule has 1 heterocycles. The first-order valence-electron chi connectivity index (χ1n) is 9.75. The first-order valence-corrected chi connectivity index (χ1v) is 9.75. The minimum atomic E-state index is -4.28. The molecule has 1 aliphatic heterocycles. The van der Waals surface area contributed by atoms with E-state index < -0.39 is 11.7 Å². The van der Waals surface area contributed by atoms with E-state index in [2.05, 4.69) is 46.3 Å². The van der Waals surface area contributed by atoms with Crippen molar-refractivity contribution in [1.29, 1.82) is 0 Å². The van der Waals surface area contributed by atoms with Crippen LogP contribution in [0.4, 0.5) is 13.2 Å². The van der Waals surface area contributed by atoms with Gasteiger partial charge >= 0.3 is 6.18 Å². The lowest BCUT2D eigenvalue weighted by Gasteiger charge is -2.23. The highest BCUT2D eigenvalue weighted by Gasteiger charge is 2.30. The van der Waals surface area contributed by atoms with Crippen molar-refractivity contribution in [2.45, 2.75) is 45.1 Å². The van der Waals surface area contributed by atoms with Gasteiger partial charge in [-0.25, -0.2) is 0 Å². The minimum absolute atomic E-state index is 0.281. The summed E-state index contributed by atoms with van der Waals surface area (Å²) >= 11 is 0. The Labute approximate surface area is 166 Å². The Bertz CT molecular complexity index is 628. The van der Waals surface area contributed by atoms with E-state index in [1.807, 2.05) is 0 Å². The molecule has 0 aromatic heterocycles. The van der Waals surface area contributed by atoms with E-state index in [0.717, 1.165) is 56.3 Å². The number of alkyl halides is 3. The Morgan fingerprint density at radius 1 is 1.29 bits per heavy atom. The number of likely N-dealkylation sites (tertiary alicyclic amines) is 1. The summed E-state index contributed by atoms with van der Waals surface area (Å²) in [6, 6.07) is 6.22. The van der Waals surface area contributed by atoms with Crippen LogP contribution in [0.1, 0.15) is 31.4 Å². The summed E-state index contributed by atoms with van der Waals surface area (Å²) in [5, 5.41) is 6.78. The minimum Gasteiger partial charge on any atom is -0.355 e. The summed E-state index contributed by atoms with van der Waals surface area (Å²) < 4.78 is 38.0. The Kier molecular flexibility index (Phi) is 8.12. The van der Waals surface area contributed by atoms with Gasteiger partial charge in [0.25, 0.3) is 0 Å². The van der Waals surface area contributed by atoms with E-state index in [0.29, 0.717) is 12.6 Å². The van der Waals surface area contributed by atoms with Crippen molar-refractivity contribution < 1.29 is 13.2 Å². The van der Waals surface area contributed by atoms with Gasteiger partial charge in [0.05, 0.1) is 5.56 Å². The second kappa shape index (κ2) is 10.1. The number of likely N-dealkylation sites (N-methyl/N-ethyl adjacent to an activating group) is 1. The monoisotopic (exact) mass is 399 g/mol. The molecule has 0 bridgehead atoms. The fourth-order valence-corrected chi connectivity index (χ4v) is 3.15. The van der Waals surface area contributed by atoms with E-state index in [4.69, 9.17) is 0 Å². The summed E-state index contributed by atoms with van der Waals surface area (Å²) in [7, 11) is 3.86. The smallest absolute Gasteiger partial charge is 0.355 e. The fourth-order valence-electron chi connectivity index (χ4n) is 3.15. The topological polar surface area (TPSA) is 42.9 Å². The molecule has 1 aliphatic rings. The second-order valence-electron chi connectivity index (χ2n) is 7.63. The van der Waals surface area contributed by atoms with Crippen LogP contribution >= 0.6 is 0 Å². The zero-order chi connectivity index (χ0) is 20.7. The molecule has 158 valence electrons. The molecule has 1 atom stereocenters. The zero-order valence-electron chi connectivity index (χ0n) is 17.2. The predicted octanol–water partition coefficient (Wildman–Crippen LogP) is 2.78. The van der Waals surface area contributed by atoms with Gasteiger partial charge in [-0.1, -0.05) is 12.1 Å². The highest BCUT2D eigenvalue weighted by Crippen LogP contribution is 2.29. The lowest BCUT2D eigenvalue weighted by molar-refractivity contribution is -0.137. The van der Waals surface area contributed by atoms with Gasteiger partial charge in [0.1, 0.15) is 0 Å². The van der Waals surface area contributed by atoms with Crippen molar-refractivity contribution in [3.8, 4) is 0 Å². The van der Waals surface area contributed by atoms with Crippen LogP contribution in [0.15, 0.2) is 29.3 Å². The lowest BCUT2D eigenvalue weighted by Crippen LogP contribution is -2.46. The molecule has 1 unspecified atom stereocenters. The average Bonchev–Trinajstić information content (AvgIpc) is 3.07. The average molecular weight is 400 g/mol. The third kappa shape index (κ3) is 6.98. The van der Waals surface area contributed by atoms with Crippen LogP contribution < -0.4 is 10.6 Å². The normalized spacial score (nSPS) is 18.9. The molecule has 2 N–H and O–H groups in total. The standard InChI is InChI=1S/C20H32F3N5/c1-15(2)27(4)12-10-25-19(24-3)26-18-9-11-28(14-18)13-16-5-7-17(8-6-16)20(21,22)23/h5-8,15,18H,9-14H2,1-4H3,(H2,24,25,26). The molecule has 0 spiro atoms. The summed E-state index contributed by atoms with van der Waals surface area (Å²) in [6.45, 7) is 8.48. The number of halogens is 3. The predicted molar refractivity (Wildman–Crippen MR) is 107 cm³/mol. The number of nitrogens with one attached hydrogen (secondary N) is 2. The van der Waals surface area contributed by atoms with Gasteiger partial charge in [0.2, 0.25) is 0 Å². The fraction of sp³-hybridized carbons (Fsp3) is 0.650. The van der Waals surface area contributed by atoms with Gasteiger partial charge in [-0.2, -0.15) is 13.2 Å². The molecule has 1 saturated heterocycles. The quantitative estimate of drug-likeness (QED) is 0.547. The van der Waals surface area contributed by atoms with Crippen molar-refractivity contribution >= 4 is 5.96 Å². The Morgan fingerprint density at radius 3 is 2.54 bits per heavy atom. The molecule has 1 aromatic carbocycles. The van der Waals surface area contributed by atoms with Crippen LogP contribution in [0.2, 0.25) is 0 Å². The van der Waals surface area contributed by atoms with Gasteiger partial charge in [-0.05, 0) is 45.0 Å². The van der Waals surface area contributed by atoms with E-state index in [-0.39, 0.29) is 6.04 Å². The highest BCUT2D eigenvalue weighted by molar-refractivity contribution is 5.80. The molecular formula is C20H32F3N5. The van der Waals surface area contributed by atoms with E-state index in [9.17, 15) is 13.2 Å². The maximum atomic E-state index is 12.7. The van der Waals surface area contributed by atoms with Crippen LogP contribution in [-0.2, 0) is 12.7 Å². The van der Waals surface area contributed by atoms with Gasteiger partial charge in [-0.15, -0.1) is 0 Å². The van der Waals surface area contributed by atoms with Crippen molar-refractivity contribution in [2.75, 3.05) is 40.3 Å². The Morgan fingerprint density at radius 2 is 1.96 bits per heavy atom.